The van der Waals surface area contributed by atoms with E-state index in [0.717, 1.165) is 17.1 Å². The minimum absolute atomic E-state index is 0.105. The summed E-state index contributed by atoms with van der Waals surface area (Å²) < 4.78 is 17.5. The zero-order valence-corrected chi connectivity index (χ0v) is 12.8. The third kappa shape index (κ3) is 2.92. The second kappa shape index (κ2) is 5.75. The number of nitrogens with zero attached hydrogens (tertiary/aromatic N) is 2. The van der Waals surface area contributed by atoms with E-state index >= 15 is 0 Å². The molecule has 0 aliphatic heterocycles. The van der Waals surface area contributed by atoms with Gasteiger partial charge in [-0.15, -0.1) is 0 Å². The molecule has 0 aliphatic rings. The molecule has 25 heavy (non-hydrogen) atoms. The van der Waals surface area contributed by atoms with Crippen LogP contribution in [0.3, 0.4) is 0 Å². The number of furan rings is 1. The van der Waals surface area contributed by atoms with E-state index in [2.05, 4.69) is 24.7 Å². The predicted molar refractivity (Wildman–Crippen MR) is 90.4 cm³/mol. The van der Waals surface area contributed by atoms with E-state index in [4.69, 9.17) is 5.73 Å². The summed E-state index contributed by atoms with van der Waals surface area (Å²) in [6.07, 6.45) is 1.53. The maximum Gasteiger partial charge on any atom is 0.291 e. The number of nitrogens with one attached hydrogen (secondary N) is 2. The smallest absolute Gasteiger partial charge is 0.291 e. The lowest BCUT2D eigenvalue weighted by Gasteiger charge is -2.04. The predicted octanol–water partition coefficient (Wildman–Crippen LogP) is 3.19. The van der Waals surface area contributed by atoms with Crippen LogP contribution < -0.4 is 11.1 Å². The van der Waals surface area contributed by atoms with Crippen LogP contribution >= 0.6 is 0 Å². The molecule has 124 valence electrons. The Balaban J connectivity index is 1.63. The van der Waals surface area contributed by atoms with E-state index in [1.807, 2.05) is 6.07 Å². The van der Waals surface area contributed by atoms with Gasteiger partial charge in [-0.05, 0) is 24.3 Å². The topological polar surface area (TPSA) is 110 Å². The standard InChI is InChI=1S/C17H12FN5O2/c18-14-5-4-13(25-14)17(24)21-11-3-1-2-9(6-11)15-22-12-7-10(19)8-20-16(12)23-15/h1-8H,19H2,(H,21,24)(H,20,22,23). The molecule has 1 aromatic carbocycles. The van der Waals surface area contributed by atoms with Crippen LogP contribution in [0.5, 0.6) is 0 Å². The summed E-state index contributed by atoms with van der Waals surface area (Å²) in [4.78, 5) is 23.7. The molecule has 0 radical (unpaired) electrons. The Morgan fingerprint density at radius 1 is 1.24 bits per heavy atom. The van der Waals surface area contributed by atoms with Crippen LogP contribution in [-0.2, 0) is 0 Å². The largest absolute Gasteiger partial charge is 0.426 e. The lowest BCUT2D eigenvalue weighted by Crippen LogP contribution is -2.10. The molecular formula is C17H12FN5O2. The molecule has 0 fully saturated rings. The molecule has 4 N–H and O–H groups in total. The Bertz CT molecular complexity index is 1090. The lowest BCUT2D eigenvalue weighted by molar-refractivity contribution is 0.0988. The summed E-state index contributed by atoms with van der Waals surface area (Å²) >= 11 is 0. The Kier molecular flexibility index (Phi) is 3.42. The molecule has 4 rings (SSSR count). The van der Waals surface area contributed by atoms with E-state index in [0.29, 0.717) is 22.8 Å². The van der Waals surface area contributed by atoms with Gasteiger partial charge < -0.3 is 20.5 Å². The first-order valence-electron chi connectivity index (χ1n) is 7.37. The molecule has 8 heteroatoms. The fraction of sp³-hybridized carbons (Fsp3) is 0. The summed E-state index contributed by atoms with van der Waals surface area (Å²) in [7, 11) is 0. The number of hydrogen-bond acceptors (Lipinski definition) is 5. The van der Waals surface area contributed by atoms with Crippen molar-refractivity contribution in [2.45, 2.75) is 0 Å². The van der Waals surface area contributed by atoms with Gasteiger partial charge in [-0.1, -0.05) is 12.1 Å². The molecule has 0 unspecified atom stereocenters. The maximum absolute atomic E-state index is 12.9. The number of halogens is 1. The summed E-state index contributed by atoms with van der Waals surface area (Å²) in [5.74, 6) is -0.0559. The molecule has 0 bridgehead atoms. The molecule has 3 aromatic heterocycles. The van der Waals surface area contributed by atoms with Crippen molar-refractivity contribution in [1.29, 1.82) is 0 Å². The van der Waals surface area contributed by atoms with Gasteiger partial charge in [0.15, 0.2) is 11.4 Å². The van der Waals surface area contributed by atoms with Gasteiger partial charge in [0.05, 0.1) is 17.4 Å². The summed E-state index contributed by atoms with van der Waals surface area (Å²) in [6, 6.07) is 10.3. The Labute approximate surface area is 140 Å². The molecule has 0 saturated carbocycles. The number of imidazole rings is 1. The van der Waals surface area contributed by atoms with Gasteiger partial charge in [0.25, 0.3) is 11.9 Å². The van der Waals surface area contributed by atoms with E-state index in [9.17, 15) is 9.18 Å². The summed E-state index contributed by atoms with van der Waals surface area (Å²) in [5.41, 5.74) is 8.79. The quantitative estimate of drug-likeness (QED) is 0.532. The number of nitrogen functional groups attached to an aromatic ring is 1. The van der Waals surface area contributed by atoms with Crippen molar-refractivity contribution < 1.29 is 13.6 Å². The number of amides is 1. The van der Waals surface area contributed by atoms with E-state index in [1.54, 1.807) is 24.3 Å². The second-order valence-corrected chi connectivity index (χ2v) is 5.36. The molecule has 3 heterocycles. The highest BCUT2D eigenvalue weighted by Gasteiger charge is 2.12. The SMILES string of the molecule is Nc1cnc2nc(-c3cccc(NC(=O)c4ccc(F)o4)c3)[nH]c2c1. The molecule has 1 amide bonds. The number of rotatable bonds is 3. The summed E-state index contributed by atoms with van der Waals surface area (Å²) in [5, 5.41) is 2.65. The molecule has 0 spiro atoms. The molecule has 0 atom stereocenters. The number of aromatic amines is 1. The highest BCUT2D eigenvalue weighted by Crippen LogP contribution is 2.23. The fourth-order valence-electron chi connectivity index (χ4n) is 2.43. The second-order valence-electron chi connectivity index (χ2n) is 5.36. The minimum atomic E-state index is -0.812. The highest BCUT2D eigenvalue weighted by atomic mass is 19.1. The van der Waals surface area contributed by atoms with Crippen LogP contribution in [0.15, 0.2) is 53.1 Å². The molecule has 0 saturated heterocycles. The van der Waals surface area contributed by atoms with Gasteiger partial charge >= 0.3 is 0 Å². The first-order valence-corrected chi connectivity index (χ1v) is 7.37. The lowest BCUT2D eigenvalue weighted by atomic mass is 10.2. The van der Waals surface area contributed by atoms with Crippen molar-refractivity contribution in [1.82, 2.24) is 15.0 Å². The number of fused-ring (bicyclic) bond motifs is 1. The molecule has 7 nitrogen and oxygen atoms in total. The summed E-state index contributed by atoms with van der Waals surface area (Å²) in [6.45, 7) is 0. The monoisotopic (exact) mass is 337 g/mol. The van der Waals surface area contributed by atoms with Crippen LogP contribution in [0.4, 0.5) is 15.8 Å². The number of carbonyl (C=O) groups excluding carboxylic acids is 1. The van der Waals surface area contributed by atoms with Gasteiger partial charge in [0.1, 0.15) is 5.82 Å². The van der Waals surface area contributed by atoms with E-state index < -0.39 is 11.9 Å². The number of carbonyl (C=O) groups is 1. The van der Waals surface area contributed by atoms with Crippen LogP contribution in [0.1, 0.15) is 10.6 Å². The van der Waals surface area contributed by atoms with Crippen molar-refractivity contribution in [2.75, 3.05) is 11.1 Å². The molecular weight excluding hydrogens is 325 g/mol. The number of benzene rings is 1. The first-order chi connectivity index (χ1) is 12.1. The first kappa shape index (κ1) is 14.9. The van der Waals surface area contributed by atoms with E-state index in [-0.39, 0.29) is 5.76 Å². The van der Waals surface area contributed by atoms with Gasteiger partial charge in [-0.3, -0.25) is 4.79 Å². The van der Waals surface area contributed by atoms with Crippen LogP contribution in [0.25, 0.3) is 22.6 Å². The Morgan fingerprint density at radius 2 is 2.12 bits per heavy atom. The van der Waals surface area contributed by atoms with Crippen LogP contribution in [-0.4, -0.2) is 20.9 Å². The normalized spacial score (nSPS) is 10.9. The van der Waals surface area contributed by atoms with Crippen molar-refractivity contribution in [3.05, 3.63) is 60.4 Å². The van der Waals surface area contributed by atoms with Gasteiger partial charge in [0.2, 0.25) is 0 Å². The third-order valence-corrected chi connectivity index (χ3v) is 3.55. The van der Waals surface area contributed by atoms with Crippen molar-refractivity contribution >= 4 is 28.4 Å². The average molecular weight is 337 g/mol. The van der Waals surface area contributed by atoms with Crippen LogP contribution in [0.2, 0.25) is 0 Å². The van der Waals surface area contributed by atoms with Crippen LogP contribution in [0, 0.1) is 6.01 Å². The number of H-pyrrole nitrogens is 1. The minimum Gasteiger partial charge on any atom is -0.426 e. The average Bonchev–Trinajstić information content (AvgIpc) is 3.21. The van der Waals surface area contributed by atoms with E-state index in [1.165, 1.54) is 12.3 Å². The van der Waals surface area contributed by atoms with Crippen molar-refractivity contribution in [2.24, 2.45) is 0 Å². The van der Waals surface area contributed by atoms with Gasteiger partial charge in [-0.25, -0.2) is 9.97 Å². The highest BCUT2D eigenvalue weighted by molar-refractivity contribution is 6.02. The fourth-order valence-corrected chi connectivity index (χ4v) is 2.43. The molecule has 4 aromatic rings. The van der Waals surface area contributed by atoms with Crippen molar-refractivity contribution in [3.63, 3.8) is 0 Å². The van der Waals surface area contributed by atoms with Gasteiger partial charge in [-0.2, -0.15) is 4.39 Å². The maximum atomic E-state index is 12.9. The Hall–Kier alpha value is -3.68. The number of anilines is 2. The number of pyridine rings is 1. The van der Waals surface area contributed by atoms with Crippen molar-refractivity contribution in [3.8, 4) is 11.4 Å². The zero-order valence-electron chi connectivity index (χ0n) is 12.8. The zero-order chi connectivity index (χ0) is 17.4. The number of nitrogens with two attached hydrogens (primary N) is 1. The molecule has 0 aliphatic carbocycles. The number of hydrogen-bond donors (Lipinski definition) is 3. The third-order valence-electron chi connectivity index (χ3n) is 3.55. The Morgan fingerprint density at radius 3 is 2.92 bits per heavy atom. The number of aromatic nitrogens is 3. The van der Waals surface area contributed by atoms with Gasteiger partial charge in [0, 0.05) is 17.3 Å².